The summed E-state index contributed by atoms with van der Waals surface area (Å²) in [6, 6.07) is 0. The highest BCUT2D eigenvalue weighted by Crippen LogP contribution is 2.31. The Morgan fingerprint density at radius 1 is 0.950 bits per heavy atom. The van der Waals surface area contributed by atoms with Crippen molar-refractivity contribution in [1.82, 2.24) is 9.80 Å². The number of ether oxygens (including phenoxy) is 2. The lowest BCUT2D eigenvalue weighted by molar-refractivity contribution is -0.209. The van der Waals surface area contributed by atoms with Gasteiger partial charge in [0.15, 0.2) is 0 Å². The second kappa shape index (κ2) is 6.97. The third kappa shape index (κ3) is 4.34. The first-order valence-corrected chi connectivity index (χ1v) is 8.81. The summed E-state index contributed by atoms with van der Waals surface area (Å²) in [7, 11) is 0. The Balaban J connectivity index is 1.85. The fraction of sp³-hybridized carbons (Fsp3) is 1.00. The van der Waals surface area contributed by atoms with Gasteiger partial charge in [-0.05, 0) is 52.7 Å². The smallest absolute Gasteiger partial charge is 0.150 e. The van der Waals surface area contributed by atoms with E-state index in [-0.39, 0.29) is 11.1 Å². The van der Waals surface area contributed by atoms with Crippen LogP contribution in [0.15, 0.2) is 0 Å². The average molecular weight is 302 g/mol. The van der Waals surface area contributed by atoms with Crippen molar-refractivity contribution >= 4 is 11.8 Å². The largest absolute Gasteiger partial charge is 0.340 e. The van der Waals surface area contributed by atoms with Crippen LogP contribution in [0.1, 0.15) is 47.0 Å². The van der Waals surface area contributed by atoms with Crippen molar-refractivity contribution in [2.24, 2.45) is 0 Å². The minimum atomic E-state index is 0.126. The van der Waals surface area contributed by atoms with Crippen LogP contribution in [0.4, 0.5) is 0 Å². The third-order valence-electron chi connectivity index (χ3n) is 4.69. The monoisotopic (exact) mass is 302 g/mol. The van der Waals surface area contributed by atoms with E-state index in [9.17, 15) is 0 Å². The molecule has 0 N–H and O–H groups in total. The van der Waals surface area contributed by atoms with Crippen LogP contribution >= 0.6 is 11.8 Å². The molecule has 2 fully saturated rings. The first-order chi connectivity index (χ1) is 9.42. The highest BCUT2D eigenvalue weighted by molar-refractivity contribution is 7.99. The zero-order valence-corrected chi connectivity index (χ0v) is 14.3. The molecule has 2 rings (SSSR count). The molecule has 0 aromatic rings. The van der Waals surface area contributed by atoms with E-state index in [0.29, 0.717) is 20.3 Å². The van der Waals surface area contributed by atoms with Gasteiger partial charge in [0.05, 0.1) is 0 Å². The van der Waals surface area contributed by atoms with Gasteiger partial charge >= 0.3 is 0 Å². The molecule has 0 aliphatic carbocycles. The van der Waals surface area contributed by atoms with Crippen LogP contribution in [0.3, 0.4) is 0 Å². The molecule has 0 unspecified atom stereocenters. The SMILES string of the molecule is CC(C)(CCC(C)(C)N1CCCSC1)N1COCOC1. The van der Waals surface area contributed by atoms with Crippen molar-refractivity contribution in [2.45, 2.75) is 58.0 Å². The highest BCUT2D eigenvalue weighted by atomic mass is 32.2. The topological polar surface area (TPSA) is 24.9 Å². The highest BCUT2D eigenvalue weighted by Gasteiger charge is 2.34. The second-order valence-corrected chi connectivity index (χ2v) is 8.18. The van der Waals surface area contributed by atoms with Gasteiger partial charge in [0, 0.05) is 23.5 Å². The summed E-state index contributed by atoms with van der Waals surface area (Å²) >= 11 is 2.07. The number of nitrogens with zero attached hydrogens (tertiary/aromatic N) is 2. The van der Waals surface area contributed by atoms with Gasteiger partial charge in [0.1, 0.15) is 20.3 Å². The van der Waals surface area contributed by atoms with Crippen molar-refractivity contribution in [3.8, 4) is 0 Å². The lowest BCUT2D eigenvalue weighted by atomic mass is 9.87. The zero-order chi connectivity index (χ0) is 14.6. The van der Waals surface area contributed by atoms with E-state index in [4.69, 9.17) is 9.47 Å². The van der Waals surface area contributed by atoms with Gasteiger partial charge in [-0.1, -0.05) is 0 Å². The first-order valence-electron chi connectivity index (χ1n) is 7.65. The predicted octanol–water partition coefficient (Wildman–Crippen LogP) is 2.94. The quantitative estimate of drug-likeness (QED) is 0.777. The van der Waals surface area contributed by atoms with E-state index in [1.54, 1.807) is 0 Å². The van der Waals surface area contributed by atoms with Crippen LogP contribution < -0.4 is 0 Å². The van der Waals surface area contributed by atoms with Crippen LogP contribution in [-0.2, 0) is 9.47 Å². The van der Waals surface area contributed by atoms with Crippen molar-refractivity contribution in [3.05, 3.63) is 0 Å². The molecule has 20 heavy (non-hydrogen) atoms. The predicted molar refractivity (Wildman–Crippen MR) is 84.7 cm³/mol. The van der Waals surface area contributed by atoms with Gasteiger partial charge in [0.2, 0.25) is 0 Å². The Bertz CT molecular complexity index is 268. The molecular weight excluding hydrogens is 272 g/mol. The Labute approximate surface area is 128 Å². The maximum Gasteiger partial charge on any atom is 0.150 e. The summed E-state index contributed by atoms with van der Waals surface area (Å²) in [5, 5.41) is 0. The maximum absolute atomic E-state index is 5.41. The summed E-state index contributed by atoms with van der Waals surface area (Å²) in [4.78, 5) is 4.93. The molecule has 5 heteroatoms. The van der Waals surface area contributed by atoms with E-state index >= 15 is 0 Å². The molecule has 0 saturated carbocycles. The third-order valence-corrected chi connectivity index (χ3v) is 5.76. The molecule has 2 saturated heterocycles. The van der Waals surface area contributed by atoms with Gasteiger partial charge in [-0.3, -0.25) is 9.80 Å². The van der Waals surface area contributed by atoms with Crippen LogP contribution in [0.5, 0.6) is 0 Å². The van der Waals surface area contributed by atoms with Crippen LogP contribution in [0, 0.1) is 0 Å². The van der Waals surface area contributed by atoms with Gasteiger partial charge in [0.25, 0.3) is 0 Å². The molecule has 0 spiro atoms. The lowest BCUT2D eigenvalue weighted by Gasteiger charge is -2.45. The number of hydrogen-bond donors (Lipinski definition) is 0. The first kappa shape index (κ1) is 16.6. The van der Waals surface area contributed by atoms with E-state index in [0.717, 1.165) is 6.42 Å². The Kier molecular flexibility index (Phi) is 5.77. The summed E-state index contributed by atoms with van der Waals surface area (Å²) in [5.41, 5.74) is 0.406. The Morgan fingerprint density at radius 2 is 1.55 bits per heavy atom. The molecule has 0 aromatic carbocycles. The molecular formula is C15H30N2O2S. The van der Waals surface area contributed by atoms with Crippen molar-refractivity contribution < 1.29 is 9.47 Å². The van der Waals surface area contributed by atoms with Gasteiger partial charge < -0.3 is 9.47 Å². The van der Waals surface area contributed by atoms with Crippen LogP contribution in [0.25, 0.3) is 0 Å². The Hall–Kier alpha value is 0.190. The van der Waals surface area contributed by atoms with E-state index < -0.39 is 0 Å². The van der Waals surface area contributed by atoms with Crippen LogP contribution in [0.2, 0.25) is 0 Å². The molecule has 0 aromatic heterocycles. The van der Waals surface area contributed by atoms with Crippen molar-refractivity contribution in [2.75, 3.05) is 38.4 Å². The standard InChI is InChI=1S/C15H30N2O2S/c1-14(2,16-8-5-9-20-12-16)6-7-15(3,4)17-10-18-13-19-11-17/h5-13H2,1-4H3. The lowest BCUT2D eigenvalue weighted by Crippen LogP contribution is -2.51. The second-order valence-electron chi connectivity index (χ2n) is 7.10. The van der Waals surface area contributed by atoms with Gasteiger partial charge in [-0.25, -0.2) is 0 Å². The zero-order valence-electron chi connectivity index (χ0n) is 13.5. The maximum atomic E-state index is 5.41. The normalized spacial score (nSPS) is 24.0. The average Bonchev–Trinajstić information content (AvgIpc) is 2.47. The van der Waals surface area contributed by atoms with E-state index in [1.807, 2.05) is 0 Å². The number of thioether (sulfide) groups is 1. The molecule has 0 radical (unpaired) electrons. The fourth-order valence-electron chi connectivity index (χ4n) is 2.74. The Morgan fingerprint density at radius 3 is 2.10 bits per heavy atom. The van der Waals surface area contributed by atoms with Crippen LogP contribution in [-0.4, -0.2) is 59.3 Å². The minimum absolute atomic E-state index is 0.126. The minimum Gasteiger partial charge on any atom is -0.340 e. The number of rotatable bonds is 5. The summed E-state index contributed by atoms with van der Waals surface area (Å²) in [5.74, 6) is 2.50. The molecule has 4 nitrogen and oxygen atoms in total. The molecule has 0 amide bonds. The molecule has 2 aliphatic rings. The fourth-order valence-corrected chi connectivity index (χ4v) is 3.90. The molecule has 2 aliphatic heterocycles. The summed E-state index contributed by atoms with van der Waals surface area (Å²) in [6.07, 6.45) is 3.69. The molecule has 118 valence electrons. The summed E-state index contributed by atoms with van der Waals surface area (Å²) in [6.45, 7) is 12.4. The molecule has 0 bridgehead atoms. The van der Waals surface area contributed by atoms with E-state index in [1.165, 1.54) is 31.0 Å². The summed E-state index contributed by atoms with van der Waals surface area (Å²) < 4.78 is 10.8. The van der Waals surface area contributed by atoms with Gasteiger partial charge in [-0.15, -0.1) is 11.8 Å². The molecule has 2 heterocycles. The van der Waals surface area contributed by atoms with E-state index in [2.05, 4.69) is 49.3 Å². The number of hydrogen-bond acceptors (Lipinski definition) is 5. The van der Waals surface area contributed by atoms with Crippen molar-refractivity contribution in [1.29, 1.82) is 0 Å². The molecule has 0 atom stereocenters. The van der Waals surface area contributed by atoms with Crippen molar-refractivity contribution in [3.63, 3.8) is 0 Å². The van der Waals surface area contributed by atoms with Gasteiger partial charge in [-0.2, -0.15) is 0 Å².